The Morgan fingerprint density at radius 3 is 2.45 bits per heavy atom. The summed E-state index contributed by atoms with van der Waals surface area (Å²) in [5.74, 6) is 2.53. The standard InChI is InChI=1S/C14H22N6/c1-5-7-15-13-10(2)14(18-11(3)17-13)16-9-12-6-8-20(4)19-12/h6,8H,5,7,9H2,1-4H3,(H2,15,16,17,18). The molecule has 0 aromatic carbocycles. The minimum atomic E-state index is 0.658. The Labute approximate surface area is 119 Å². The average molecular weight is 274 g/mol. The van der Waals surface area contributed by atoms with E-state index in [1.165, 1.54) is 0 Å². The van der Waals surface area contributed by atoms with Crippen LogP contribution in [0.2, 0.25) is 0 Å². The molecule has 0 spiro atoms. The number of aromatic nitrogens is 4. The number of hydrogen-bond donors (Lipinski definition) is 2. The van der Waals surface area contributed by atoms with Crippen LogP contribution in [-0.4, -0.2) is 26.3 Å². The van der Waals surface area contributed by atoms with E-state index < -0.39 is 0 Å². The van der Waals surface area contributed by atoms with E-state index in [2.05, 4.69) is 32.6 Å². The van der Waals surface area contributed by atoms with Crippen molar-refractivity contribution in [2.24, 2.45) is 7.05 Å². The van der Waals surface area contributed by atoms with Gasteiger partial charge in [-0.05, 0) is 26.3 Å². The molecule has 0 fully saturated rings. The van der Waals surface area contributed by atoms with Gasteiger partial charge in [-0.15, -0.1) is 0 Å². The minimum absolute atomic E-state index is 0.658. The van der Waals surface area contributed by atoms with Gasteiger partial charge in [-0.25, -0.2) is 9.97 Å². The Hall–Kier alpha value is -2.11. The number of nitrogens with one attached hydrogen (secondary N) is 2. The van der Waals surface area contributed by atoms with E-state index >= 15 is 0 Å². The normalized spacial score (nSPS) is 10.6. The molecule has 0 aliphatic carbocycles. The van der Waals surface area contributed by atoms with Crippen molar-refractivity contribution in [3.8, 4) is 0 Å². The number of rotatable bonds is 6. The second-order valence-electron chi connectivity index (χ2n) is 4.85. The van der Waals surface area contributed by atoms with Gasteiger partial charge in [-0.3, -0.25) is 4.68 Å². The van der Waals surface area contributed by atoms with Crippen molar-refractivity contribution in [1.82, 2.24) is 19.7 Å². The maximum absolute atomic E-state index is 4.47. The zero-order valence-electron chi connectivity index (χ0n) is 12.6. The van der Waals surface area contributed by atoms with Gasteiger partial charge in [-0.1, -0.05) is 6.92 Å². The van der Waals surface area contributed by atoms with Gasteiger partial charge in [0.05, 0.1) is 12.2 Å². The summed E-state index contributed by atoms with van der Waals surface area (Å²) < 4.78 is 1.79. The minimum Gasteiger partial charge on any atom is -0.370 e. The van der Waals surface area contributed by atoms with Gasteiger partial charge in [0.2, 0.25) is 0 Å². The van der Waals surface area contributed by atoms with Gasteiger partial charge in [0, 0.05) is 25.4 Å². The third kappa shape index (κ3) is 3.46. The van der Waals surface area contributed by atoms with Crippen molar-refractivity contribution in [3.05, 3.63) is 29.3 Å². The van der Waals surface area contributed by atoms with E-state index in [-0.39, 0.29) is 0 Å². The van der Waals surface area contributed by atoms with Crippen LogP contribution in [0, 0.1) is 13.8 Å². The van der Waals surface area contributed by atoms with Crippen molar-refractivity contribution >= 4 is 11.6 Å². The highest BCUT2D eigenvalue weighted by molar-refractivity contribution is 5.57. The van der Waals surface area contributed by atoms with Crippen molar-refractivity contribution in [2.45, 2.75) is 33.7 Å². The van der Waals surface area contributed by atoms with Crippen LogP contribution in [-0.2, 0) is 13.6 Å². The second-order valence-corrected chi connectivity index (χ2v) is 4.85. The number of aryl methyl sites for hydroxylation is 2. The Morgan fingerprint density at radius 2 is 1.85 bits per heavy atom. The third-order valence-electron chi connectivity index (χ3n) is 3.01. The van der Waals surface area contributed by atoms with Crippen molar-refractivity contribution in [1.29, 1.82) is 0 Å². The zero-order chi connectivity index (χ0) is 14.5. The molecule has 2 heterocycles. The lowest BCUT2D eigenvalue weighted by atomic mass is 10.3. The van der Waals surface area contributed by atoms with Crippen LogP contribution in [0.25, 0.3) is 0 Å². The van der Waals surface area contributed by atoms with Crippen LogP contribution >= 0.6 is 0 Å². The molecule has 2 aromatic rings. The van der Waals surface area contributed by atoms with Crippen molar-refractivity contribution in [2.75, 3.05) is 17.2 Å². The van der Waals surface area contributed by atoms with Gasteiger partial charge in [0.1, 0.15) is 17.5 Å². The van der Waals surface area contributed by atoms with Gasteiger partial charge in [0.25, 0.3) is 0 Å². The highest BCUT2D eigenvalue weighted by Gasteiger charge is 2.09. The topological polar surface area (TPSA) is 67.7 Å². The summed E-state index contributed by atoms with van der Waals surface area (Å²) in [6.45, 7) is 7.64. The number of hydrogen-bond acceptors (Lipinski definition) is 5. The summed E-state index contributed by atoms with van der Waals surface area (Å²) >= 11 is 0. The fraction of sp³-hybridized carbons (Fsp3) is 0.500. The molecular weight excluding hydrogens is 252 g/mol. The largest absolute Gasteiger partial charge is 0.370 e. The molecule has 0 atom stereocenters. The van der Waals surface area contributed by atoms with E-state index in [9.17, 15) is 0 Å². The van der Waals surface area contributed by atoms with E-state index in [0.717, 1.165) is 41.7 Å². The fourth-order valence-corrected chi connectivity index (χ4v) is 1.95. The molecular formula is C14H22N6. The van der Waals surface area contributed by atoms with Crippen LogP contribution in [0.4, 0.5) is 11.6 Å². The molecule has 0 unspecified atom stereocenters. The molecule has 0 aliphatic rings. The maximum atomic E-state index is 4.47. The Morgan fingerprint density at radius 1 is 1.15 bits per heavy atom. The molecule has 0 bridgehead atoms. The first kappa shape index (κ1) is 14.3. The van der Waals surface area contributed by atoms with E-state index in [1.54, 1.807) is 4.68 Å². The first-order chi connectivity index (χ1) is 9.60. The van der Waals surface area contributed by atoms with E-state index in [4.69, 9.17) is 0 Å². The molecule has 0 radical (unpaired) electrons. The summed E-state index contributed by atoms with van der Waals surface area (Å²) in [6.07, 6.45) is 3.00. The number of anilines is 2. The Bertz CT molecular complexity index is 575. The molecule has 6 heteroatoms. The molecule has 0 saturated carbocycles. The van der Waals surface area contributed by atoms with Crippen LogP contribution in [0.1, 0.15) is 30.4 Å². The summed E-state index contributed by atoms with van der Waals surface area (Å²) in [7, 11) is 1.91. The molecule has 2 rings (SSSR count). The fourth-order valence-electron chi connectivity index (χ4n) is 1.95. The SMILES string of the molecule is CCCNc1nc(C)nc(NCc2ccn(C)n2)c1C. The summed E-state index contributed by atoms with van der Waals surface area (Å²) in [4.78, 5) is 8.91. The average Bonchev–Trinajstić information content (AvgIpc) is 2.83. The maximum Gasteiger partial charge on any atom is 0.135 e. The molecule has 108 valence electrons. The van der Waals surface area contributed by atoms with Crippen molar-refractivity contribution < 1.29 is 0 Å². The van der Waals surface area contributed by atoms with E-state index in [1.807, 2.05) is 33.2 Å². The predicted molar refractivity (Wildman–Crippen MR) is 80.8 cm³/mol. The Balaban J connectivity index is 2.12. The highest BCUT2D eigenvalue weighted by Crippen LogP contribution is 2.20. The third-order valence-corrected chi connectivity index (χ3v) is 3.01. The van der Waals surface area contributed by atoms with Crippen LogP contribution in [0.5, 0.6) is 0 Å². The lowest BCUT2D eigenvalue weighted by molar-refractivity contribution is 0.746. The summed E-state index contributed by atoms with van der Waals surface area (Å²) in [5, 5.41) is 11.0. The molecule has 0 saturated heterocycles. The van der Waals surface area contributed by atoms with Gasteiger partial charge in [-0.2, -0.15) is 5.10 Å². The van der Waals surface area contributed by atoms with Crippen molar-refractivity contribution in [3.63, 3.8) is 0 Å². The molecule has 6 nitrogen and oxygen atoms in total. The predicted octanol–water partition coefficient (Wildman–Crippen LogP) is 2.26. The smallest absolute Gasteiger partial charge is 0.135 e. The number of nitrogens with zero attached hydrogens (tertiary/aromatic N) is 4. The zero-order valence-corrected chi connectivity index (χ0v) is 12.6. The summed E-state index contributed by atoms with van der Waals surface area (Å²) in [6, 6.07) is 1.99. The summed E-state index contributed by atoms with van der Waals surface area (Å²) in [5.41, 5.74) is 2.03. The monoisotopic (exact) mass is 274 g/mol. The molecule has 0 aliphatic heterocycles. The molecule has 2 N–H and O–H groups in total. The molecule has 20 heavy (non-hydrogen) atoms. The first-order valence-corrected chi connectivity index (χ1v) is 6.91. The van der Waals surface area contributed by atoms with E-state index in [0.29, 0.717) is 6.54 Å². The quantitative estimate of drug-likeness (QED) is 0.845. The second kappa shape index (κ2) is 6.36. The van der Waals surface area contributed by atoms with Crippen LogP contribution < -0.4 is 10.6 Å². The molecule has 0 amide bonds. The first-order valence-electron chi connectivity index (χ1n) is 6.91. The lowest BCUT2D eigenvalue weighted by Crippen LogP contribution is -2.11. The van der Waals surface area contributed by atoms with Gasteiger partial charge < -0.3 is 10.6 Å². The van der Waals surface area contributed by atoms with Crippen LogP contribution in [0.3, 0.4) is 0 Å². The van der Waals surface area contributed by atoms with Gasteiger partial charge >= 0.3 is 0 Å². The van der Waals surface area contributed by atoms with Gasteiger partial charge in [0.15, 0.2) is 0 Å². The van der Waals surface area contributed by atoms with Crippen LogP contribution in [0.15, 0.2) is 12.3 Å². The molecule has 2 aromatic heterocycles. The lowest BCUT2D eigenvalue weighted by Gasteiger charge is -2.13. The Kier molecular flexibility index (Phi) is 4.55. The highest BCUT2D eigenvalue weighted by atomic mass is 15.3.